The maximum Gasteiger partial charge on any atom is 0.266 e. The van der Waals surface area contributed by atoms with Crippen LogP contribution in [0.2, 0.25) is 0 Å². The number of benzene rings is 4. The maximum absolute atomic E-state index is 13.6. The summed E-state index contributed by atoms with van der Waals surface area (Å²) in [7, 11) is 0. The zero-order valence-electron chi connectivity index (χ0n) is 16.3. The van der Waals surface area contributed by atoms with E-state index < -0.39 is 0 Å². The number of hydrogen-bond acceptors (Lipinski definition) is 2. The molecule has 5 heteroatoms. The molecule has 1 aromatic heterocycles. The average molecular weight is 518 g/mol. The van der Waals surface area contributed by atoms with Crippen molar-refractivity contribution in [3.05, 3.63) is 116 Å². The molecule has 0 unspecified atom stereocenters. The molecule has 0 bridgehead atoms. The lowest BCUT2D eigenvalue weighted by Gasteiger charge is -2.14. The predicted octanol–water partition coefficient (Wildman–Crippen LogP) is 6.45. The number of fused-ring (bicyclic) bond motifs is 2. The Bertz CT molecular complexity index is 1520. The summed E-state index contributed by atoms with van der Waals surface area (Å²) < 4.78 is 15.9. The minimum atomic E-state index is -0.289. The van der Waals surface area contributed by atoms with Crippen molar-refractivity contribution in [3.8, 4) is 5.69 Å². The quantitative estimate of drug-likeness (QED) is 0.257. The van der Waals surface area contributed by atoms with Crippen molar-refractivity contribution in [3.63, 3.8) is 0 Å². The molecule has 0 atom stereocenters. The van der Waals surface area contributed by atoms with Crippen LogP contribution in [0.3, 0.4) is 0 Å². The molecule has 0 N–H and O–H groups in total. The summed E-state index contributed by atoms with van der Waals surface area (Å²) in [5.74, 6) is 0.225. The molecule has 150 valence electrons. The van der Waals surface area contributed by atoms with Gasteiger partial charge in [-0.05, 0) is 76.0 Å². The van der Waals surface area contributed by atoms with Crippen molar-refractivity contribution in [1.82, 2.24) is 9.55 Å². The second-order valence-electron chi connectivity index (χ2n) is 7.16. The van der Waals surface area contributed by atoms with Crippen LogP contribution < -0.4 is 5.56 Å². The lowest BCUT2D eigenvalue weighted by atomic mass is 10.1. The normalized spacial score (nSPS) is 11.5. The Balaban J connectivity index is 1.80. The van der Waals surface area contributed by atoms with Crippen LogP contribution in [-0.2, 0) is 0 Å². The number of aromatic nitrogens is 2. The number of nitrogens with zero attached hydrogens (tertiary/aromatic N) is 2. The summed E-state index contributed by atoms with van der Waals surface area (Å²) in [6.45, 7) is 0. The minimum Gasteiger partial charge on any atom is -0.268 e. The monoisotopic (exact) mass is 518 g/mol. The Hall–Kier alpha value is -3.32. The average Bonchev–Trinajstić information content (AvgIpc) is 2.79. The summed E-state index contributed by atoms with van der Waals surface area (Å²) in [6.07, 6.45) is 3.63. The molecule has 0 saturated heterocycles. The Kier molecular flexibility index (Phi) is 5.11. The fraction of sp³-hybridized carbons (Fsp3) is 0. The molecular formula is C26H16FIN2O. The van der Waals surface area contributed by atoms with Gasteiger partial charge in [0.05, 0.1) is 16.6 Å². The highest BCUT2D eigenvalue weighted by molar-refractivity contribution is 14.1. The minimum absolute atomic E-state index is 0.126. The van der Waals surface area contributed by atoms with E-state index in [1.807, 2.05) is 66.7 Å². The van der Waals surface area contributed by atoms with Crippen molar-refractivity contribution < 1.29 is 4.39 Å². The molecule has 5 aromatic rings. The van der Waals surface area contributed by atoms with Crippen molar-refractivity contribution in [2.45, 2.75) is 0 Å². The van der Waals surface area contributed by atoms with Crippen LogP contribution in [0.5, 0.6) is 0 Å². The largest absolute Gasteiger partial charge is 0.268 e. The van der Waals surface area contributed by atoms with Crippen molar-refractivity contribution in [2.24, 2.45) is 0 Å². The van der Waals surface area contributed by atoms with Crippen LogP contribution in [0.25, 0.3) is 39.5 Å². The van der Waals surface area contributed by atoms with E-state index >= 15 is 0 Å². The van der Waals surface area contributed by atoms with Crippen molar-refractivity contribution in [2.75, 3.05) is 0 Å². The molecule has 3 nitrogen and oxygen atoms in total. The molecule has 0 saturated carbocycles. The van der Waals surface area contributed by atoms with E-state index in [0.717, 1.165) is 25.6 Å². The summed E-state index contributed by atoms with van der Waals surface area (Å²) in [4.78, 5) is 18.4. The van der Waals surface area contributed by atoms with Gasteiger partial charge in [0.15, 0.2) is 0 Å². The lowest BCUT2D eigenvalue weighted by Crippen LogP contribution is -2.22. The zero-order valence-corrected chi connectivity index (χ0v) is 18.5. The van der Waals surface area contributed by atoms with E-state index in [-0.39, 0.29) is 11.4 Å². The van der Waals surface area contributed by atoms with Gasteiger partial charge in [0, 0.05) is 8.96 Å². The van der Waals surface area contributed by atoms with Crippen LogP contribution in [0, 0.1) is 9.39 Å². The van der Waals surface area contributed by atoms with Crippen molar-refractivity contribution in [1.29, 1.82) is 0 Å². The molecule has 5 rings (SSSR count). The Morgan fingerprint density at radius 3 is 2.45 bits per heavy atom. The van der Waals surface area contributed by atoms with Crippen LogP contribution in [-0.4, -0.2) is 9.55 Å². The predicted molar refractivity (Wildman–Crippen MR) is 133 cm³/mol. The molecule has 0 aliphatic rings. The highest BCUT2D eigenvalue weighted by Crippen LogP contribution is 2.24. The summed E-state index contributed by atoms with van der Waals surface area (Å²) >= 11 is 2.20. The van der Waals surface area contributed by atoms with Gasteiger partial charge < -0.3 is 0 Å². The molecule has 4 aromatic carbocycles. The van der Waals surface area contributed by atoms with E-state index in [2.05, 4.69) is 22.6 Å². The standard InChI is InChI=1S/C26H16FIN2O/c27-19-11-8-17(9-12-19)10-15-25-29-23-14-13-20(28)16-22(23)26(31)30(25)24-7-3-5-18-4-1-2-6-21(18)24/h1-16H. The van der Waals surface area contributed by atoms with Gasteiger partial charge in [-0.15, -0.1) is 0 Å². The highest BCUT2D eigenvalue weighted by atomic mass is 127. The van der Waals surface area contributed by atoms with Gasteiger partial charge in [0.25, 0.3) is 5.56 Å². The topological polar surface area (TPSA) is 34.9 Å². The third kappa shape index (κ3) is 3.77. The SMILES string of the molecule is O=c1c2cc(I)ccc2nc(C=Cc2ccc(F)cc2)n1-c1cccc2ccccc12. The number of rotatable bonds is 3. The molecule has 0 aliphatic heterocycles. The van der Waals surface area contributed by atoms with Crippen molar-refractivity contribution >= 4 is 56.4 Å². The van der Waals surface area contributed by atoms with Gasteiger partial charge in [-0.25, -0.2) is 9.37 Å². The van der Waals surface area contributed by atoms with Gasteiger partial charge in [0.1, 0.15) is 11.6 Å². The van der Waals surface area contributed by atoms with Gasteiger partial charge in [-0.1, -0.05) is 54.6 Å². The molecule has 1 heterocycles. The first-order chi connectivity index (χ1) is 15.1. The van der Waals surface area contributed by atoms with Gasteiger partial charge >= 0.3 is 0 Å². The number of hydrogen-bond donors (Lipinski definition) is 0. The summed E-state index contributed by atoms with van der Waals surface area (Å²) in [5.41, 5.74) is 2.11. The lowest BCUT2D eigenvalue weighted by molar-refractivity contribution is 0.628. The third-order valence-corrected chi connectivity index (χ3v) is 5.83. The first-order valence-electron chi connectivity index (χ1n) is 9.74. The van der Waals surface area contributed by atoms with E-state index in [0.29, 0.717) is 16.7 Å². The Morgan fingerprint density at radius 2 is 1.61 bits per heavy atom. The molecular weight excluding hydrogens is 502 g/mol. The smallest absolute Gasteiger partial charge is 0.266 e. The fourth-order valence-electron chi connectivity index (χ4n) is 3.67. The molecule has 0 aliphatic carbocycles. The maximum atomic E-state index is 13.6. The van der Waals surface area contributed by atoms with Gasteiger partial charge in [-0.3, -0.25) is 9.36 Å². The van der Waals surface area contributed by atoms with E-state index in [9.17, 15) is 9.18 Å². The van der Waals surface area contributed by atoms with E-state index in [1.165, 1.54) is 12.1 Å². The Labute approximate surface area is 191 Å². The Morgan fingerprint density at radius 1 is 0.839 bits per heavy atom. The molecule has 0 amide bonds. The highest BCUT2D eigenvalue weighted by Gasteiger charge is 2.13. The van der Waals surface area contributed by atoms with Gasteiger partial charge in [-0.2, -0.15) is 0 Å². The van der Waals surface area contributed by atoms with Gasteiger partial charge in [0.2, 0.25) is 0 Å². The van der Waals surface area contributed by atoms with Crippen LogP contribution in [0.1, 0.15) is 11.4 Å². The summed E-state index contributed by atoms with van der Waals surface area (Å²) in [6, 6.07) is 25.7. The first-order valence-corrected chi connectivity index (χ1v) is 10.8. The number of halogens is 2. The second-order valence-corrected chi connectivity index (χ2v) is 8.40. The summed E-state index contributed by atoms with van der Waals surface area (Å²) in [5, 5.41) is 2.58. The second kappa shape index (κ2) is 8.07. The molecule has 0 fully saturated rings. The van der Waals surface area contributed by atoms with E-state index in [1.54, 1.807) is 22.8 Å². The first kappa shape index (κ1) is 19.6. The van der Waals surface area contributed by atoms with Crippen LogP contribution in [0.4, 0.5) is 4.39 Å². The van der Waals surface area contributed by atoms with Crippen LogP contribution >= 0.6 is 22.6 Å². The fourth-order valence-corrected chi connectivity index (χ4v) is 4.16. The zero-order chi connectivity index (χ0) is 21.4. The van der Waals surface area contributed by atoms with E-state index in [4.69, 9.17) is 4.98 Å². The molecule has 31 heavy (non-hydrogen) atoms. The molecule has 0 radical (unpaired) electrons. The van der Waals surface area contributed by atoms with Crippen LogP contribution in [0.15, 0.2) is 89.7 Å². The third-order valence-electron chi connectivity index (χ3n) is 5.16. The molecule has 0 spiro atoms.